The van der Waals surface area contributed by atoms with E-state index in [1.165, 1.54) is 16.7 Å². The molecule has 1 heterocycles. The van der Waals surface area contributed by atoms with Gasteiger partial charge in [0.25, 0.3) is 11.8 Å². The molecule has 3 aromatic carbocycles. The molecule has 0 spiro atoms. The van der Waals surface area contributed by atoms with Crippen molar-refractivity contribution in [3.05, 3.63) is 106 Å². The van der Waals surface area contributed by atoms with Crippen LogP contribution < -0.4 is 4.90 Å². The summed E-state index contributed by atoms with van der Waals surface area (Å²) < 4.78 is 0. The Labute approximate surface area is 175 Å². The standard InChI is InChI=1S/C25H21NO2S/c1-17-12-14-20(15-13-17)22-23(29-16-19-9-4-3-5-10-19)25(28)26(24(22)27)21-11-7-6-8-18(21)2/h3-15H,16H2,1-2H3. The first-order chi connectivity index (χ1) is 14.1. The molecular formula is C25H21NO2S. The van der Waals surface area contributed by atoms with Crippen molar-refractivity contribution in [3.8, 4) is 0 Å². The molecule has 144 valence electrons. The third-order valence-electron chi connectivity index (χ3n) is 4.96. The number of imide groups is 1. The summed E-state index contributed by atoms with van der Waals surface area (Å²) in [5.41, 5.74) is 5.03. The van der Waals surface area contributed by atoms with Gasteiger partial charge in [-0.3, -0.25) is 9.59 Å². The van der Waals surface area contributed by atoms with E-state index in [1.54, 1.807) is 0 Å². The molecule has 0 saturated carbocycles. The molecular weight excluding hydrogens is 378 g/mol. The molecule has 0 bridgehead atoms. The molecule has 0 aliphatic carbocycles. The number of thioether (sulfide) groups is 1. The van der Waals surface area contributed by atoms with Gasteiger partial charge in [0.05, 0.1) is 16.2 Å². The number of carbonyl (C=O) groups is 2. The highest BCUT2D eigenvalue weighted by Gasteiger charge is 2.40. The molecule has 0 radical (unpaired) electrons. The normalized spacial score (nSPS) is 14.1. The highest BCUT2D eigenvalue weighted by atomic mass is 32.2. The van der Waals surface area contributed by atoms with E-state index in [4.69, 9.17) is 0 Å². The smallest absolute Gasteiger partial charge is 0.268 e. The van der Waals surface area contributed by atoms with Gasteiger partial charge in [-0.25, -0.2) is 4.90 Å². The fourth-order valence-electron chi connectivity index (χ4n) is 3.38. The van der Waals surface area contributed by atoms with Gasteiger partial charge in [0.1, 0.15) is 0 Å². The number of nitrogens with zero attached hydrogens (tertiary/aromatic N) is 1. The van der Waals surface area contributed by atoms with Crippen molar-refractivity contribution in [3.63, 3.8) is 0 Å². The van der Waals surface area contributed by atoms with Gasteiger partial charge in [-0.05, 0) is 36.6 Å². The molecule has 2 amide bonds. The van der Waals surface area contributed by atoms with Crippen molar-refractivity contribution >= 4 is 34.8 Å². The van der Waals surface area contributed by atoms with Crippen LogP contribution >= 0.6 is 11.8 Å². The molecule has 0 unspecified atom stereocenters. The van der Waals surface area contributed by atoms with Crippen LogP contribution in [0.1, 0.15) is 22.3 Å². The molecule has 0 saturated heterocycles. The summed E-state index contributed by atoms with van der Waals surface area (Å²) in [6, 6.07) is 25.2. The zero-order valence-electron chi connectivity index (χ0n) is 16.4. The van der Waals surface area contributed by atoms with Gasteiger partial charge in [-0.1, -0.05) is 78.4 Å². The minimum atomic E-state index is -0.260. The van der Waals surface area contributed by atoms with Crippen LogP contribution in [0.2, 0.25) is 0 Å². The summed E-state index contributed by atoms with van der Waals surface area (Å²) in [5, 5.41) is 0. The number of rotatable bonds is 5. The van der Waals surface area contributed by atoms with Crippen LogP contribution in [0.5, 0.6) is 0 Å². The number of para-hydroxylation sites is 1. The minimum Gasteiger partial charge on any atom is -0.268 e. The zero-order valence-corrected chi connectivity index (χ0v) is 17.2. The largest absolute Gasteiger partial charge is 0.272 e. The predicted molar refractivity (Wildman–Crippen MR) is 120 cm³/mol. The maximum Gasteiger partial charge on any atom is 0.272 e. The maximum atomic E-state index is 13.4. The van der Waals surface area contributed by atoms with Gasteiger partial charge in [0.2, 0.25) is 0 Å². The predicted octanol–water partition coefficient (Wildman–Crippen LogP) is 5.52. The van der Waals surface area contributed by atoms with Crippen LogP contribution in [-0.4, -0.2) is 11.8 Å². The van der Waals surface area contributed by atoms with Crippen molar-refractivity contribution in [2.45, 2.75) is 19.6 Å². The number of hydrogen-bond acceptors (Lipinski definition) is 3. The summed E-state index contributed by atoms with van der Waals surface area (Å²) in [6.07, 6.45) is 0. The summed E-state index contributed by atoms with van der Waals surface area (Å²) in [5.74, 6) is 0.121. The van der Waals surface area contributed by atoms with Crippen LogP contribution in [0.3, 0.4) is 0 Å². The van der Waals surface area contributed by atoms with E-state index in [1.807, 2.05) is 92.7 Å². The number of hydrogen-bond donors (Lipinski definition) is 0. The maximum absolute atomic E-state index is 13.4. The van der Waals surface area contributed by atoms with Gasteiger partial charge in [-0.15, -0.1) is 11.8 Å². The molecule has 0 N–H and O–H groups in total. The van der Waals surface area contributed by atoms with Gasteiger partial charge in [-0.2, -0.15) is 0 Å². The average molecular weight is 400 g/mol. The van der Waals surface area contributed by atoms with Gasteiger partial charge >= 0.3 is 0 Å². The van der Waals surface area contributed by atoms with E-state index < -0.39 is 0 Å². The van der Waals surface area contributed by atoms with E-state index in [2.05, 4.69) is 0 Å². The van der Waals surface area contributed by atoms with Crippen LogP contribution in [-0.2, 0) is 15.3 Å². The summed E-state index contributed by atoms with van der Waals surface area (Å²) in [7, 11) is 0. The van der Waals surface area contributed by atoms with Crippen molar-refractivity contribution in [1.82, 2.24) is 0 Å². The minimum absolute atomic E-state index is 0.249. The first kappa shape index (κ1) is 19.2. The number of aryl methyl sites for hydroxylation is 2. The van der Waals surface area contributed by atoms with E-state index >= 15 is 0 Å². The molecule has 29 heavy (non-hydrogen) atoms. The van der Waals surface area contributed by atoms with Gasteiger partial charge in [0, 0.05) is 5.75 Å². The second kappa shape index (κ2) is 8.10. The molecule has 0 fully saturated rings. The lowest BCUT2D eigenvalue weighted by molar-refractivity contribution is -0.119. The third-order valence-corrected chi connectivity index (χ3v) is 6.11. The van der Waals surface area contributed by atoms with Crippen LogP contribution in [0.25, 0.3) is 5.57 Å². The number of amides is 2. The Morgan fingerprint density at radius 1 is 0.759 bits per heavy atom. The van der Waals surface area contributed by atoms with Crippen LogP contribution in [0.15, 0.2) is 83.8 Å². The van der Waals surface area contributed by atoms with E-state index in [0.29, 0.717) is 21.9 Å². The quantitative estimate of drug-likeness (QED) is 0.530. The van der Waals surface area contributed by atoms with Crippen molar-refractivity contribution < 1.29 is 9.59 Å². The lowest BCUT2D eigenvalue weighted by Gasteiger charge is -2.17. The average Bonchev–Trinajstić information content (AvgIpc) is 2.98. The van der Waals surface area contributed by atoms with E-state index in [-0.39, 0.29) is 11.8 Å². The van der Waals surface area contributed by atoms with E-state index in [9.17, 15) is 9.59 Å². The molecule has 0 aromatic heterocycles. The zero-order chi connectivity index (χ0) is 20.4. The first-order valence-electron chi connectivity index (χ1n) is 9.48. The Kier molecular flexibility index (Phi) is 5.36. The summed E-state index contributed by atoms with van der Waals surface area (Å²) in [4.78, 5) is 28.6. The van der Waals surface area contributed by atoms with E-state index in [0.717, 1.165) is 22.3 Å². The molecule has 3 nitrogen and oxygen atoms in total. The Morgan fingerprint density at radius 3 is 2.10 bits per heavy atom. The van der Waals surface area contributed by atoms with Gasteiger partial charge < -0.3 is 0 Å². The monoisotopic (exact) mass is 399 g/mol. The molecule has 0 atom stereocenters. The highest BCUT2D eigenvalue weighted by molar-refractivity contribution is 8.03. The SMILES string of the molecule is Cc1ccc(C2=C(SCc3ccccc3)C(=O)N(c3ccccc3C)C2=O)cc1. The molecule has 4 heteroatoms. The Morgan fingerprint density at radius 2 is 1.41 bits per heavy atom. The van der Waals surface area contributed by atoms with Crippen molar-refractivity contribution in [2.75, 3.05) is 4.90 Å². The number of benzene rings is 3. The Hall–Kier alpha value is -3.11. The molecule has 1 aliphatic rings. The number of anilines is 1. The second-order valence-electron chi connectivity index (χ2n) is 7.08. The fraction of sp³-hybridized carbons (Fsp3) is 0.120. The Bertz CT molecular complexity index is 1100. The lowest BCUT2D eigenvalue weighted by atomic mass is 10.0. The molecule has 4 rings (SSSR count). The first-order valence-corrected chi connectivity index (χ1v) is 10.5. The summed E-state index contributed by atoms with van der Waals surface area (Å²) >= 11 is 1.43. The molecule has 1 aliphatic heterocycles. The van der Waals surface area contributed by atoms with Gasteiger partial charge in [0.15, 0.2) is 0 Å². The Balaban J connectivity index is 1.76. The highest BCUT2D eigenvalue weighted by Crippen LogP contribution is 2.40. The van der Waals surface area contributed by atoms with Crippen molar-refractivity contribution in [1.29, 1.82) is 0 Å². The summed E-state index contributed by atoms with van der Waals surface area (Å²) in [6.45, 7) is 3.92. The van der Waals surface area contributed by atoms with Crippen LogP contribution in [0.4, 0.5) is 5.69 Å². The van der Waals surface area contributed by atoms with Crippen LogP contribution in [0, 0.1) is 13.8 Å². The third kappa shape index (κ3) is 3.76. The second-order valence-corrected chi connectivity index (χ2v) is 8.06. The topological polar surface area (TPSA) is 37.4 Å². The number of carbonyl (C=O) groups excluding carboxylic acids is 2. The fourth-order valence-corrected chi connectivity index (χ4v) is 4.45. The lowest BCUT2D eigenvalue weighted by Crippen LogP contribution is -2.31. The molecule has 3 aromatic rings. The van der Waals surface area contributed by atoms with Crippen molar-refractivity contribution in [2.24, 2.45) is 0 Å².